The molecule has 0 heterocycles. The highest BCUT2D eigenvalue weighted by molar-refractivity contribution is 5.77. The number of amides is 1. The highest BCUT2D eigenvalue weighted by Crippen LogP contribution is 2.14. The fourth-order valence-corrected chi connectivity index (χ4v) is 2.56. The van der Waals surface area contributed by atoms with E-state index in [1.165, 1.54) is 5.56 Å². The molecule has 1 aromatic rings. The van der Waals surface area contributed by atoms with E-state index >= 15 is 0 Å². The molecule has 5 nitrogen and oxygen atoms in total. The maximum Gasteiger partial charge on any atom is 0.238 e. The Morgan fingerprint density at radius 1 is 1.24 bits per heavy atom. The SMILES string of the molecule is CCC(CC)N(CCO)Cc1ccc(CC(=O)NN)cc1. The Hall–Kier alpha value is -1.43. The molecule has 0 aliphatic rings. The van der Waals surface area contributed by atoms with Crippen molar-refractivity contribution in [1.82, 2.24) is 10.3 Å². The second-order valence-electron chi connectivity index (χ2n) is 5.23. The molecule has 0 saturated carbocycles. The second kappa shape index (κ2) is 9.50. The summed E-state index contributed by atoms with van der Waals surface area (Å²) < 4.78 is 0. The van der Waals surface area contributed by atoms with Crippen LogP contribution in [0.15, 0.2) is 24.3 Å². The van der Waals surface area contributed by atoms with Crippen molar-refractivity contribution >= 4 is 5.91 Å². The molecular weight excluding hydrogens is 266 g/mol. The van der Waals surface area contributed by atoms with E-state index in [2.05, 4.69) is 24.2 Å². The Morgan fingerprint density at radius 2 is 1.81 bits per heavy atom. The molecule has 21 heavy (non-hydrogen) atoms. The van der Waals surface area contributed by atoms with Gasteiger partial charge in [-0.1, -0.05) is 38.1 Å². The zero-order valence-electron chi connectivity index (χ0n) is 13.0. The van der Waals surface area contributed by atoms with Crippen LogP contribution in [-0.4, -0.2) is 35.1 Å². The number of carbonyl (C=O) groups is 1. The average molecular weight is 293 g/mol. The number of aliphatic hydroxyl groups excluding tert-OH is 1. The van der Waals surface area contributed by atoms with Crippen LogP contribution in [0.2, 0.25) is 0 Å². The molecule has 4 N–H and O–H groups in total. The number of carbonyl (C=O) groups excluding carboxylic acids is 1. The van der Waals surface area contributed by atoms with E-state index in [0.717, 1.165) is 24.9 Å². The number of rotatable bonds is 9. The molecule has 0 unspecified atom stereocenters. The Balaban J connectivity index is 2.69. The molecule has 1 aromatic carbocycles. The van der Waals surface area contributed by atoms with Crippen LogP contribution in [0.3, 0.4) is 0 Å². The number of hydrogen-bond donors (Lipinski definition) is 3. The quantitative estimate of drug-likeness (QED) is 0.363. The van der Waals surface area contributed by atoms with Crippen molar-refractivity contribution in [3.05, 3.63) is 35.4 Å². The molecular formula is C16H27N3O2. The van der Waals surface area contributed by atoms with Crippen molar-refractivity contribution in [2.75, 3.05) is 13.2 Å². The van der Waals surface area contributed by atoms with Gasteiger partial charge < -0.3 is 5.11 Å². The molecule has 1 amide bonds. The van der Waals surface area contributed by atoms with Gasteiger partial charge in [0.25, 0.3) is 0 Å². The first kappa shape index (κ1) is 17.6. The van der Waals surface area contributed by atoms with Crippen LogP contribution < -0.4 is 11.3 Å². The van der Waals surface area contributed by atoms with Gasteiger partial charge in [-0.05, 0) is 24.0 Å². The van der Waals surface area contributed by atoms with Gasteiger partial charge in [0.05, 0.1) is 13.0 Å². The Labute approximate surface area is 127 Å². The minimum Gasteiger partial charge on any atom is -0.395 e. The summed E-state index contributed by atoms with van der Waals surface area (Å²) in [4.78, 5) is 13.5. The van der Waals surface area contributed by atoms with Gasteiger partial charge in [-0.3, -0.25) is 15.1 Å². The molecule has 0 saturated heterocycles. The summed E-state index contributed by atoms with van der Waals surface area (Å²) in [6.07, 6.45) is 2.44. The predicted molar refractivity (Wildman–Crippen MR) is 84.3 cm³/mol. The van der Waals surface area contributed by atoms with Gasteiger partial charge in [-0.25, -0.2) is 5.84 Å². The average Bonchev–Trinajstić information content (AvgIpc) is 2.50. The number of nitrogens with zero attached hydrogens (tertiary/aromatic N) is 1. The molecule has 0 fully saturated rings. The van der Waals surface area contributed by atoms with Crippen LogP contribution in [0.1, 0.15) is 37.8 Å². The summed E-state index contributed by atoms with van der Waals surface area (Å²) in [5, 5.41) is 9.23. The molecule has 0 aliphatic carbocycles. The van der Waals surface area contributed by atoms with Gasteiger partial charge in [0.1, 0.15) is 0 Å². The lowest BCUT2D eigenvalue weighted by molar-refractivity contribution is -0.120. The Morgan fingerprint density at radius 3 is 2.29 bits per heavy atom. The van der Waals surface area contributed by atoms with Gasteiger partial charge in [0.15, 0.2) is 0 Å². The summed E-state index contributed by atoms with van der Waals surface area (Å²) in [6, 6.07) is 8.46. The molecule has 0 atom stereocenters. The van der Waals surface area contributed by atoms with Gasteiger partial charge in [-0.15, -0.1) is 0 Å². The van der Waals surface area contributed by atoms with E-state index in [9.17, 15) is 9.90 Å². The van der Waals surface area contributed by atoms with E-state index < -0.39 is 0 Å². The third kappa shape index (κ3) is 5.83. The van der Waals surface area contributed by atoms with E-state index in [1.807, 2.05) is 24.3 Å². The number of nitrogens with one attached hydrogen (secondary N) is 1. The minimum atomic E-state index is -0.193. The van der Waals surface area contributed by atoms with Crippen molar-refractivity contribution in [2.45, 2.75) is 45.7 Å². The van der Waals surface area contributed by atoms with Crippen molar-refractivity contribution in [3.8, 4) is 0 Å². The number of benzene rings is 1. The van der Waals surface area contributed by atoms with E-state index in [4.69, 9.17) is 5.84 Å². The van der Waals surface area contributed by atoms with Crippen LogP contribution in [0.4, 0.5) is 0 Å². The zero-order chi connectivity index (χ0) is 15.7. The first-order valence-electron chi connectivity index (χ1n) is 7.56. The highest BCUT2D eigenvalue weighted by Gasteiger charge is 2.14. The van der Waals surface area contributed by atoms with Crippen LogP contribution in [0, 0.1) is 0 Å². The second-order valence-corrected chi connectivity index (χ2v) is 5.23. The minimum absolute atomic E-state index is 0.172. The zero-order valence-corrected chi connectivity index (χ0v) is 13.0. The summed E-state index contributed by atoms with van der Waals surface area (Å²) in [5.74, 6) is 4.89. The van der Waals surface area contributed by atoms with Gasteiger partial charge in [0.2, 0.25) is 5.91 Å². The lowest BCUT2D eigenvalue weighted by Gasteiger charge is -2.29. The van der Waals surface area contributed by atoms with Crippen molar-refractivity contribution in [3.63, 3.8) is 0 Å². The maximum atomic E-state index is 11.2. The third-order valence-corrected chi connectivity index (χ3v) is 3.78. The summed E-state index contributed by atoms with van der Waals surface area (Å²) in [6.45, 7) is 6.02. The van der Waals surface area contributed by atoms with Crippen molar-refractivity contribution < 1.29 is 9.90 Å². The normalized spacial score (nSPS) is 11.1. The predicted octanol–water partition coefficient (Wildman–Crippen LogP) is 1.20. The molecule has 0 bridgehead atoms. The molecule has 0 aliphatic heterocycles. The number of hydrazine groups is 1. The van der Waals surface area contributed by atoms with Gasteiger partial charge in [0, 0.05) is 19.1 Å². The largest absolute Gasteiger partial charge is 0.395 e. The summed E-state index contributed by atoms with van der Waals surface area (Å²) in [7, 11) is 0. The Kier molecular flexibility index (Phi) is 7.97. The van der Waals surface area contributed by atoms with Crippen LogP contribution in [0.5, 0.6) is 0 Å². The number of hydrogen-bond acceptors (Lipinski definition) is 4. The van der Waals surface area contributed by atoms with E-state index in [-0.39, 0.29) is 12.5 Å². The fraction of sp³-hybridized carbons (Fsp3) is 0.562. The van der Waals surface area contributed by atoms with Gasteiger partial charge in [-0.2, -0.15) is 0 Å². The molecule has 118 valence electrons. The standard InChI is InChI=1S/C16H27N3O2/c1-3-15(4-2)19(9-10-20)12-14-7-5-13(6-8-14)11-16(21)18-17/h5-8,15,20H,3-4,9-12,17H2,1-2H3,(H,18,21). The fourth-order valence-electron chi connectivity index (χ4n) is 2.56. The molecule has 0 spiro atoms. The number of nitrogens with two attached hydrogens (primary N) is 1. The van der Waals surface area contributed by atoms with E-state index in [0.29, 0.717) is 19.0 Å². The van der Waals surface area contributed by atoms with Crippen LogP contribution in [0.25, 0.3) is 0 Å². The molecule has 0 aromatic heterocycles. The van der Waals surface area contributed by atoms with Crippen molar-refractivity contribution in [1.29, 1.82) is 0 Å². The monoisotopic (exact) mass is 293 g/mol. The van der Waals surface area contributed by atoms with E-state index in [1.54, 1.807) is 0 Å². The van der Waals surface area contributed by atoms with Crippen LogP contribution >= 0.6 is 0 Å². The summed E-state index contributed by atoms with van der Waals surface area (Å²) in [5.41, 5.74) is 4.26. The lowest BCUT2D eigenvalue weighted by Crippen LogP contribution is -2.36. The topological polar surface area (TPSA) is 78.6 Å². The third-order valence-electron chi connectivity index (χ3n) is 3.78. The Bertz CT molecular complexity index is 416. The highest BCUT2D eigenvalue weighted by atomic mass is 16.3. The van der Waals surface area contributed by atoms with Crippen molar-refractivity contribution in [2.24, 2.45) is 5.84 Å². The maximum absolute atomic E-state index is 11.2. The molecule has 0 radical (unpaired) electrons. The smallest absolute Gasteiger partial charge is 0.238 e. The summed E-state index contributed by atoms with van der Waals surface area (Å²) >= 11 is 0. The van der Waals surface area contributed by atoms with Gasteiger partial charge >= 0.3 is 0 Å². The number of aliphatic hydroxyl groups is 1. The van der Waals surface area contributed by atoms with Crippen LogP contribution in [-0.2, 0) is 17.8 Å². The molecule has 1 rings (SSSR count). The first-order valence-corrected chi connectivity index (χ1v) is 7.56. The lowest BCUT2D eigenvalue weighted by atomic mass is 10.1. The molecule has 5 heteroatoms. The first-order chi connectivity index (χ1) is 10.1.